The molecule has 1 unspecified atom stereocenters. The normalized spacial score (nSPS) is 25.8. The number of carbonyl (C=O) groups excluding carboxylic acids is 1. The number of methoxy groups -OCH3 is 1. The molecule has 1 aliphatic carbocycles. The molecule has 3 aromatic rings. The van der Waals surface area contributed by atoms with E-state index in [1.54, 1.807) is 19.1 Å². The molecule has 6 heterocycles. The van der Waals surface area contributed by atoms with Crippen LogP contribution < -0.4 is 20.1 Å². The van der Waals surface area contributed by atoms with E-state index in [4.69, 9.17) is 14.2 Å². The van der Waals surface area contributed by atoms with E-state index in [2.05, 4.69) is 25.6 Å². The molecule has 2 saturated heterocycles. The fraction of sp³-hybridized carbons (Fsp3) is 0.481. The molecule has 1 atom stereocenters. The van der Waals surface area contributed by atoms with Crippen molar-refractivity contribution in [3.63, 3.8) is 0 Å². The molecule has 0 amide bonds. The van der Waals surface area contributed by atoms with Gasteiger partial charge in [-0.25, -0.2) is 19.2 Å². The van der Waals surface area contributed by atoms with Gasteiger partial charge in [0.05, 0.1) is 53.5 Å². The minimum Gasteiger partial charge on any atom is -0.481 e. The Kier molecular flexibility index (Phi) is 5.97. The van der Waals surface area contributed by atoms with Gasteiger partial charge in [0.25, 0.3) is 0 Å². The molecule has 3 aliphatic heterocycles. The van der Waals surface area contributed by atoms with Crippen molar-refractivity contribution in [2.24, 2.45) is 0 Å². The first-order valence-corrected chi connectivity index (χ1v) is 12.8. The second kappa shape index (κ2) is 9.11. The van der Waals surface area contributed by atoms with Crippen LogP contribution in [0.1, 0.15) is 43.9 Å². The number of halogens is 1. The van der Waals surface area contributed by atoms with Crippen LogP contribution in [0.3, 0.4) is 0 Å². The summed E-state index contributed by atoms with van der Waals surface area (Å²) in [5.74, 6) is -0.232. The van der Waals surface area contributed by atoms with Gasteiger partial charge in [-0.15, -0.1) is 0 Å². The summed E-state index contributed by atoms with van der Waals surface area (Å²) in [5.41, 5.74) is 0.267. The van der Waals surface area contributed by atoms with Crippen LogP contribution in [0, 0.1) is 5.82 Å². The third-order valence-electron chi connectivity index (χ3n) is 8.29. The van der Waals surface area contributed by atoms with Crippen molar-refractivity contribution in [1.29, 1.82) is 0 Å². The van der Waals surface area contributed by atoms with E-state index < -0.39 is 17.0 Å². The number of nitrogens with one attached hydrogen (secondary N) is 2. The van der Waals surface area contributed by atoms with Crippen LogP contribution in [0.4, 0.5) is 10.1 Å². The molecule has 3 N–H and O–H groups in total. The maximum absolute atomic E-state index is 15.0. The number of aliphatic hydroxyl groups is 1. The summed E-state index contributed by atoms with van der Waals surface area (Å²) in [5, 5.41) is 18.3. The third-order valence-corrected chi connectivity index (χ3v) is 8.29. The Bertz CT molecular complexity index is 1390. The summed E-state index contributed by atoms with van der Waals surface area (Å²) in [6, 6.07) is 7.16. The lowest BCUT2D eigenvalue weighted by atomic mass is 9.63. The largest absolute Gasteiger partial charge is 0.481 e. The Morgan fingerprint density at radius 3 is 2.76 bits per heavy atom. The van der Waals surface area contributed by atoms with Crippen LogP contribution in [-0.2, 0) is 22.5 Å². The standard InChI is InChI=1S/C27H30FN5O5/c1-25(35,11-17-18(28)13-29-19-5-6-21(36-2)33-23(17)19)27-9-7-26(8-10-27,15-37-27)31-12-16-3-4-20-24(32-16)38-22(34)14-30-20/h3-6,13,30-31,35H,7-12,14-15H2,1-2H3. The van der Waals surface area contributed by atoms with Gasteiger partial charge in [-0.05, 0) is 50.8 Å². The molecule has 0 aromatic carbocycles. The van der Waals surface area contributed by atoms with Crippen molar-refractivity contribution in [2.75, 3.05) is 25.6 Å². The molecule has 0 radical (unpaired) electrons. The Balaban J connectivity index is 1.16. The lowest BCUT2D eigenvalue weighted by Gasteiger charge is -2.58. The number of anilines is 1. The number of hydrogen-bond donors (Lipinski definition) is 3. The highest BCUT2D eigenvalue weighted by molar-refractivity contribution is 5.82. The van der Waals surface area contributed by atoms with Gasteiger partial charge in [-0.2, -0.15) is 0 Å². The minimum atomic E-state index is -1.34. The zero-order valence-electron chi connectivity index (χ0n) is 21.3. The summed E-state index contributed by atoms with van der Waals surface area (Å²) >= 11 is 0. The summed E-state index contributed by atoms with van der Waals surface area (Å²) in [6.45, 7) is 2.75. The van der Waals surface area contributed by atoms with E-state index in [0.29, 0.717) is 60.0 Å². The number of nitrogens with zero attached hydrogens (tertiary/aromatic N) is 3. The highest BCUT2D eigenvalue weighted by Gasteiger charge is 2.58. The van der Waals surface area contributed by atoms with Crippen molar-refractivity contribution in [3.05, 3.63) is 47.5 Å². The molecular weight excluding hydrogens is 493 g/mol. The average Bonchev–Trinajstić information content (AvgIpc) is 2.94. The van der Waals surface area contributed by atoms with Crippen molar-refractivity contribution >= 4 is 22.7 Å². The maximum atomic E-state index is 15.0. The number of hydrogen-bond acceptors (Lipinski definition) is 10. The monoisotopic (exact) mass is 523 g/mol. The number of aromatic nitrogens is 3. The molecule has 7 rings (SSSR count). The molecule has 3 fully saturated rings. The molecule has 200 valence electrons. The van der Waals surface area contributed by atoms with Crippen molar-refractivity contribution in [1.82, 2.24) is 20.3 Å². The topological polar surface area (TPSA) is 128 Å². The zero-order chi connectivity index (χ0) is 26.5. The number of rotatable bonds is 7. The SMILES string of the molecule is COc1ccc2ncc(F)c(CC(C)(O)C34CCC(NCc5ccc6c(n5)OC(=O)CN6)(CC3)CO4)c2n1. The molecule has 10 nitrogen and oxygen atoms in total. The molecular formula is C27H30FN5O5. The van der Waals surface area contributed by atoms with Crippen LogP contribution in [0.25, 0.3) is 11.0 Å². The highest BCUT2D eigenvalue weighted by Crippen LogP contribution is 2.50. The Morgan fingerprint density at radius 2 is 2.03 bits per heavy atom. The maximum Gasteiger partial charge on any atom is 0.332 e. The number of pyridine rings is 3. The van der Waals surface area contributed by atoms with Crippen molar-refractivity contribution < 1.29 is 28.5 Å². The zero-order valence-corrected chi connectivity index (χ0v) is 21.3. The van der Waals surface area contributed by atoms with E-state index in [-0.39, 0.29) is 24.5 Å². The van der Waals surface area contributed by atoms with E-state index in [1.165, 1.54) is 13.3 Å². The number of fused-ring (bicyclic) bond motifs is 5. The van der Waals surface area contributed by atoms with Crippen LogP contribution in [0.2, 0.25) is 0 Å². The van der Waals surface area contributed by atoms with Gasteiger partial charge < -0.3 is 30.0 Å². The van der Waals surface area contributed by atoms with Gasteiger partial charge in [0.2, 0.25) is 11.8 Å². The first-order valence-electron chi connectivity index (χ1n) is 12.8. The first-order chi connectivity index (χ1) is 18.2. The van der Waals surface area contributed by atoms with Gasteiger partial charge in [-0.3, -0.25) is 4.98 Å². The first kappa shape index (κ1) is 24.9. The second-order valence-corrected chi connectivity index (χ2v) is 10.7. The lowest BCUT2D eigenvalue weighted by molar-refractivity contribution is -0.244. The molecule has 1 saturated carbocycles. The molecule has 2 bridgehead atoms. The molecule has 38 heavy (non-hydrogen) atoms. The Morgan fingerprint density at radius 1 is 1.21 bits per heavy atom. The number of ether oxygens (including phenoxy) is 3. The molecule has 3 aromatic heterocycles. The predicted octanol–water partition coefficient (Wildman–Crippen LogP) is 2.67. The van der Waals surface area contributed by atoms with Crippen LogP contribution in [0.5, 0.6) is 11.8 Å². The third kappa shape index (κ3) is 4.24. The van der Waals surface area contributed by atoms with E-state index >= 15 is 0 Å². The minimum absolute atomic E-state index is 0.0320. The fourth-order valence-corrected chi connectivity index (χ4v) is 5.86. The van der Waals surface area contributed by atoms with Gasteiger partial charge in [0, 0.05) is 30.1 Å². The summed E-state index contributed by atoms with van der Waals surface area (Å²) in [7, 11) is 1.50. The van der Waals surface area contributed by atoms with Gasteiger partial charge in [0.15, 0.2) is 0 Å². The molecule has 11 heteroatoms. The van der Waals surface area contributed by atoms with Crippen LogP contribution in [-0.4, -0.2) is 63.0 Å². The van der Waals surface area contributed by atoms with Gasteiger partial charge in [0.1, 0.15) is 12.4 Å². The summed E-state index contributed by atoms with van der Waals surface area (Å²) < 4.78 is 31.9. The second-order valence-electron chi connectivity index (χ2n) is 10.7. The predicted molar refractivity (Wildman–Crippen MR) is 135 cm³/mol. The van der Waals surface area contributed by atoms with Crippen molar-refractivity contribution in [3.8, 4) is 11.8 Å². The van der Waals surface area contributed by atoms with E-state index in [9.17, 15) is 14.3 Å². The van der Waals surface area contributed by atoms with Gasteiger partial charge in [-0.1, -0.05) is 0 Å². The van der Waals surface area contributed by atoms with Crippen LogP contribution in [0.15, 0.2) is 30.5 Å². The highest BCUT2D eigenvalue weighted by atomic mass is 19.1. The van der Waals surface area contributed by atoms with E-state index in [1.807, 2.05) is 12.1 Å². The number of esters is 1. The van der Waals surface area contributed by atoms with Crippen molar-refractivity contribution in [2.45, 2.75) is 62.3 Å². The van der Waals surface area contributed by atoms with Crippen LogP contribution >= 0.6 is 0 Å². The summed E-state index contributed by atoms with van der Waals surface area (Å²) in [6.07, 6.45) is 4.01. The molecule has 4 aliphatic rings. The van der Waals surface area contributed by atoms with Gasteiger partial charge >= 0.3 is 5.97 Å². The van der Waals surface area contributed by atoms with E-state index in [0.717, 1.165) is 18.5 Å². The quantitative estimate of drug-likeness (QED) is 0.398. The fourth-order valence-electron chi connectivity index (χ4n) is 5.86. The smallest absolute Gasteiger partial charge is 0.332 e. The Labute approximate surface area is 218 Å². The Hall–Kier alpha value is -3.41. The number of carbonyl (C=O) groups is 1. The summed E-state index contributed by atoms with van der Waals surface area (Å²) in [4.78, 5) is 24.6. The lowest BCUT2D eigenvalue weighted by Crippen LogP contribution is -2.68. The average molecular weight is 524 g/mol. The molecule has 0 spiro atoms.